The van der Waals surface area contributed by atoms with E-state index in [0.717, 1.165) is 19.0 Å². The molecule has 1 saturated heterocycles. The molecule has 3 rings (SSSR count). The van der Waals surface area contributed by atoms with E-state index in [1.165, 1.54) is 12.1 Å². The number of hydrogen-bond donors (Lipinski definition) is 0. The molecular weight excluding hydrogens is 394 g/mol. The fourth-order valence-electron chi connectivity index (χ4n) is 3.57. The van der Waals surface area contributed by atoms with Crippen molar-refractivity contribution in [1.82, 2.24) is 4.90 Å². The largest absolute Gasteiger partial charge is 0.419 e. The molecule has 2 aromatic carbocycles. The highest BCUT2D eigenvalue weighted by atomic mass is 35.5. The summed E-state index contributed by atoms with van der Waals surface area (Å²) in [7, 11) is 1.94. The first-order valence-corrected chi connectivity index (χ1v) is 9.08. The monoisotopic (exact) mass is 411 g/mol. The molecule has 1 heterocycles. The van der Waals surface area contributed by atoms with E-state index >= 15 is 0 Å². The molecular formula is C20H18ClF4N3. The van der Waals surface area contributed by atoms with Crippen LogP contribution in [-0.4, -0.2) is 31.1 Å². The average Bonchev–Trinajstić information content (AvgIpc) is 3.04. The van der Waals surface area contributed by atoms with E-state index in [2.05, 4.69) is 4.90 Å². The Labute approximate surface area is 165 Å². The number of benzene rings is 2. The molecule has 0 spiro atoms. The molecule has 0 N–H and O–H groups in total. The summed E-state index contributed by atoms with van der Waals surface area (Å²) in [5.74, 6) is -1.29. The van der Waals surface area contributed by atoms with Gasteiger partial charge in [-0.2, -0.15) is 18.4 Å². The quantitative estimate of drug-likeness (QED) is 0.657. The van der Waals surface area contributed by atoms with E-state index in [1.54, 1.807) is 23.1 Å². The van der Waals surface area contributed by atoms with Crippen LogP contribution >= 0.6 is 11.6 Å². The summed E-state index contributed by atoms with van der Waals surface area (Å²) in [5.41, 5.74) is -0.494. The van der Waals surface area contributed by atoms with Gasteiger partial charge in [0.05, 0.1) is 16.1 Å². The zero-order chi connectivity index (χ0) is 20.5. The lowest BCUT2D eigenvalue weighted by Crippen LogP contribution is -2.37. The van der Waals surface area contributed by atoms with Gasteiger partial charge in [-0.3, -0.25) is 0 Å². The summed E-state index contributed by atoms with van der Waals surface area (Å²) < 4.78 is 54.3. The number of hydrogen-bond acceptors (Lipinski definition) is 3. The van der Waals surface area contributed by atoms with Gasteiger partial charge in [-0.1, -0.05) is 23.7 Å². The Balaban J connectivity index is 2.04. The molecule has 1 aliphatic rings. The first-order chi connectivity index (χ1) is 13.2. The molecule has 1 atom stereocenters. The van der Waals surface area contributed by atoms with Crippen LogP contribution in [0.3, 0.4) is 0 Å². The van der Waals surface area contributed by atoms with E-state index in [0.29, 0.717) is 12.2 Å². The minimum Gasteiger partial charge on any atom is -0.363 e. The number of alkyl halides is 3. The van der Waals surface area contributed by atoms with Crippen LogP contribution in [0.1, 0.15) is 23.1 Å². The lowest BCUT2D eigenvalue weighted by Gasteiger charge is -2.32. The molecule has 0 radical (unpaired) electrons. The third-order valence-corrected chi connectivity index (χ3v) is 5.25. The summed E-state index contributed by atoms with van der Waals surface area (Å²) in [4.78, 5) is 3.89. The molecule has 0 unspecified atom stereocenters. The van der Waals surface area contributed by atoms with Crippen molar-refractivity contribution in [1.29, 1.82) is 5.26 Å². The molecule has 0 saturated carbocycles. The van der Waals surface area contributed by atoms with Crippen molar-refractivity contribution in [2.75, 3.05) is 25.0 Å². The molecule has 2 aromatic rings. The minimum atomic E-state index is -4.79. The molecule has 3 nitrogen and oxygen atoms in total. The topological polar surface area (TPSA) is 30.3 Å². The van der Waals surface area contributed by atoms with Crippen molar-refractivity contribution in [2.45, 2.75) is 25.2 Å². The summed E-state index contributed by atoms with van der Waals surface area (Å²) in [6.45, 7) is 1.35. The summed E-state index contributed by atoms with van der Waals surface area (Å²) in [5, 5.41) is 9.29. The average molecular weight is 412 g/mol. The van der Waals surface area contributed by atoms with Gasteiger partial charge in [-0.05, 0) is 49.8 Å². The highest BCUT2D eigenvalue weighted by molar-refractivity contribution is 6.32. The molecule has 1 fully saturated rings. The minimum absolute atomic E-state index is 0.0571. The predicted molar refractivity (Wildman–Crippen MR) is 99.7 cm³/mol. The molecule has 8 heteroatoms. The first kappa shape index (κ1) is 20.4. The van der Waals surface area contributed by atoms with Gasteiger partial charge in [0, 0.05) is 24.8 Å². The van der Waals surface area contributed by atoms with Crippen molar-refractivity contribution in [2.24, 2.45) is 0 Å². The molecule has 148 valence electrons. The third-order valence-electron chi connectivity index (χ3n) is 4.94. The standard InChI is InChI=1S/C20H18ClF4N3/c1-27-8-7-16(12-27)28(15-6-5-13(10-26)17(21)9-15)11-14-3-2-4-18(22)19(14)20(23,24)25/h2-6,9,16H,7-8,11-12H2,1H3/t16-/m0/s1. The molecule has 0 bridgehead atoms. The molecule has 28 heavy (non-hydrogen) atoms. The first-order valence-electron chi connectivity index (χ1n) is 8.70. The number of likely N-dealkylation sites (tertiary alicyclic amines) is 1. The van der Waals surface area contributed by atoms with Crippen LogP contribution in [0.25, 0.3) is 0 Å². The molecule has 0 aromatic heterocycles. The number of halogens is 5. The highest BCUT2D eigenvalue weighted by Crippen LogP contribution is 2.36. The Hall–Kier alpha value is -2.30. The number of anilines is 1. The fraction of sp³-hybridized carbons (Fsp3) is 0.350. The van der Waals surface area contributed by atoms with E-state index in [-0.39, 0.29) is 28.7 Å². The SMILES string of the molecule is CN1CC[C@H](N(Cc2cccc(F)c2C(F)(F)F)c2ccc(C#N)c(Cl)c2)C1. The van der Waals surface area contributed by atoms with Crippen LogP contribution in [0.2, 0.25) is 5.02 Å². The second-order valence-corrected chi connectivity index (χ2v) is 7.29. The van der Waals surface area contributed by atoms with Gasteiger partial charge in [0.2, 0.25) is 0 Å². The van der Waals surface area contributed by atoms with Crippen molar-refractivity contribution >= 4 is 17.3 Å². The highest BCUT2D eigenvalue weighted by Gasteiger charge is 2.38. The Bertz CT molecular complexity index is 907. The smallest absolute Gasteiger partial charge is 0.363 e. The van der Waals surface area contributed by atoms with Crippen LogP contribution in [0.4, 0.5) is 23.2 Å². The van der Waals surface area contributed by atoms with Crippen molar-refractivity contribution in [3.8, 4) is 6.07 Å². The van der Waals surface area contributed by atoms with Gasteiger partial charge in [-0.25, -0.2) is 4.39 Å². The predicted octanol–water partition coefficient (Wildman–Crippen LogP) is 5.08. The van der Waals surface area contributed by atoms with E-state index in [4.69, 9.17) is 16.9 Å². The summed E-state index contributed by atoms with van der Waals surface area (Å²) in [6, 6.07) is 10.1. The zero-order valence-electron chi connectivity index (χ0n) is 15.1. The number of nitriles is 1. The number of rotatable bonds is 4. The number of nitrogens with zero attached hydrogens (tertiary/aromatic N) is 3. The van der Waals surface area contributed by atoms with Gasteiger partial charge in [0.25, 0.3) is 0 Å². The lowest BCUT2D eigenvalue weighted by molar-refractivity contribution is -0.140. The Kier molecular flexibility index (Phi) is 5.82. The van der Waals surface area contributed by atoms with Crippen LogP contribution in [0.15, 0.2) is 36.4 Å². The van der Waals surface area contributed by atoms with Gasteiger partial charge < -0.3 is 9.80 Å². The van der Waals surface area contributed by atoms with Gasteiger partial charge >= 0.3 is 6.18 Å². The second kappa shape index (κ2) is 7.98. The second-order valence-electron chi connectivity index (χ2n) is 6.88. The van der Waals surface area contributed by atoms with E-state index in [9.17, 15) is 17.6 Å². The maximum absolute atomic E-state index is 14.0. The van der Waals surface area contributed by atoms with Gasteiger partial charge in [0.1, 0.15) is 11.9 Å². The zero-order valence-corrected chi connectivity index (χ0v) is 15.9. The van der Waals surface area contributed by atoms with E-state index in [1.807, 2.05) is 13.1 Å². The van der Waals surface area contributed by atoms with Crippen molar-refractivity contribution in [3.63, 3.8) is 0 Å². The Morgan fingerprint density at radius 2 is 2.04 bits per heavy atom. The van der Waals surface area contributed by atoms with Crippen LogP contribution in [-0.2, 0) is 12.7 Å². The third kappa shape index (κ3) is 4.23. The normalized spacial score (nSPS) is 17.5. The molecule has 1 aliphatic heterocycles. The van der Waals surface area contributed by atoms with Crippen LogP contribution in [0, 0.1) is 17.1 Å². The lowest BCUT2D eigenvalue weighted by atomic mass is 10.0. The van der Waals surface area contributed by atoms with E-state index < -0.39 is 17.6 Å². The van der Waals surface area contributed by atoms with Gasteiger partial charge in [-0.15, -0.1) is 0 Å². The van der Waals surface area contributed by atoms with Crippen LogP contribution < -0.4 is 4.90 Å². The Morgan fingerprint density at radius 1 is 1.29 bits per heavy atom. The summed E-state index contributed by atoms with van der Waals surface area (Å²) >= 11 is 6.14. The van der Waals surface area contributed by atoms with Crippen molar-refractivity contribution in [3.05, 3.63) is 63.9 Å². The van der Waals surface area contributed by atoms with Crippen molar-refractivity contribution < 1.29 is 17.6 Å². The Morgan fingerprint density at radius 3 is 2.61 bits per heavy atom. The maximum Gasteiger partial charge on any atom is 0.419 e. The fourth-order valence-corrected chi connectivity index (χ4v) is 3.79. The number of likely N-dealkylation sites (N-methyl/N-ethyl adjacent to an activating group) is 1. The maximum atomic E-state index is 14.0. The summed E-state index contributed by atoms with van der Waals surface area (Å²) in [6.07, 6.45) is -4.04. The van der Waals surface area contributed by atoms with Gasteiger partial charge in [0.15, 0.2) is 0 Å². The van der Waals surface area contributed by atoms with Crippen LogP contribution in [0.5, 0.6) is 0 Å². The molecule has 0 amide bonds. The molecule has 0 aliphatic carbocycles.